The molecule has 0 aliphatic rings. The Morgan fingerprint density at radius 2 is 2.32 bits per heavy atom. The molecule has 0 saturated heterocycles. The van der Waals surface area contributed by atoms with E-state index in [9.17, 15) is 0 Å². The highest BCUT2D eigenvalue weighted by Crippen LogP contribution is 2.19. The van der Waals surface area contributed by atoms with Gasteiger partial charge in [-0.2, -0.15) is 0 Å². The van der Waals surface area contributed by atoms with E-state index in [0.717, 1.165) is 42.7 Å². The second-order valence-electron chi connectivity index (χ2n) is 4.16. The molecule has 0 atom stereocenters. The lowest BCUT2D eigenvalue weighted by molar-refractivity contribution is 0.390. The summed E-state index contributed by atoms with van der Waals surface area (Å²) in [7, 11) is 0. The molecule has 2 aromatic heterocycles. The Morgan fingerprint density at radius 3 is 3.05 bits per heavy atom. The van der Waals surface area contributed by atoms with Gasteiger partial charge in [0.15, 0.2) is 0 Å². The fourth-order valence-electron chi connectivity index (χ4n) is 1.55. The number of tetrazole rings is 1. The molecule has 19 heavy (non-hydrogen) atoms. The van der Waals surface area contributed by atoms with Crippen molar-refractivity contribution in [3.05, 3.63) is 17.5 Å². The first kappa shape index (κ1) is 14.0. The van der Waals surface area contributed by atoms with Crippen molar-refractivity contribution in [3.63, 3.8) is 0 Å². The van der Waals surface area contributed by atoms with Gasteiger partial charge in [-0.1, -0.05) is 23.8 Å². The molecule has 0 radical (unpaired) electrons. The number of thioether (sulfide) groups is 1. The largest absolute Gasteiger partial charge is 0.360 e. The van der Waals surface area contributed by atoms with Crippen molar-refractivity contribution in [1.82, 2.24) is 30.7 Å². The van der Waals surface area contributed by atoms with Gasteiger partial charge in [0.05, 0.1) is 18.0 Å². The van der Waals surface area contributed by atoms with Crippen molar-refractivity contribution in [1.29, 1.82) is 0 Å². The third kappa shape index (κ3) is 4.32. The van der Waals surface area contributed by atoms with E-state index in [1.807, 2.05) is 13.0 Å². The minimum Gasteiger partial charge on any atom is -0.360 e. The Kier molecular flexibility index (Phi) is 5.34. The van der Waals surface area contributed by atoms with Crippen molar-refractivity contribution < 1.29 is 4.52 Å². The van der Waals surface area contributed by atoms with Gasteiger partial charge in [0.1, 0.15) is 5.76 Å². The third-order valence-electron chi connectivity index (χ3n) is 2.45. The summed E-state index contributed by atoms with van der Waals surface area (Å²) < 4.78 is 6.96. The summed E-state index contributed by atoms with van der Waals surface area (Å²) in [5.41, 5.74) is 0.888. The minimum atomic E-state index is 0.684. The van der Waals surface area contributed by atoms with Crippen LogP contribution in [0.15, 0.2) is 15.7 Å². The summed E-state index contributed by atoms with van der Waals surface area (Å²) >= 11 is 1.55. The number of hydrogen-bond donors (Lipinski definition) is 1. The zero-order valence-electron chi connectivity index (χ0n) is 11.2. The normalized spacial score (nSPS) is 11.1. The summed E-state index contributed by atoms with van der Waals surface area (Å²) in [4.78, 5) is 0. The number of rotatable bonds is 8. The lowest BCUT2D eigenvalue weighted by atomic mass is 10.4. The zero-order chi connectivity index (χ0) is 13.5. The Hall–Kier alpha value is -1.41. The van der Waals surface area contributed by atoms with Crippen LogP contribution in [-0.4, -0.2) is 38.5 Å². The molecule has 2 rings (SSSR count). The van der Waals surface area contributed by atoms with Crippen LogP contribution in [0.3, 0.4) is 0 Å². The Bertz CT molecular complexity index is 497. The zero-order valence-corrected chi connectivity index (χ0v) is 12.0. The highest BCUT2D eigenvalue weighted by atomic mass is 32.2. The van der Waals surface area contributed by atoms with Crippen LogP contribution in [-0.2, 0) is 12.3 Å². The molecule has 104 valence electrons. The van der Waals surface area contributed by atoms with Gasteiger partial charge in [0.2, 0.25) is 5.16 Å². The van der Waals surface area contributed by atoms with E-state index in [0.29, 0.717) is 5.75 Å². The third-order valence-corrected chi connectivity index (χ3v) is 3.43. The fourth-order valence-corrected chi connectivity index (χ4v) is 2.33. The molecule has 0 fully saturated rings. The second-order valence-corrected chi connectivity index (χ2v) is 5.10. The van der Waals surface area contributed by atoms with Crippen molar-refractivity contribution in [2.24, 2.45) is 0 Å². The molecule has 0 spiro atoms. The van der Waals surface area contributed by atoms with Crippen molar-refractivity contribution in [3.8, 4) is 0 Å². The molecule has 0 unspecified atom stereocenters. The molecule has 0 aromatic carbocycles. The first-order valence-corrected chi connectivity index (χ1v) is 7.30. The number of nitrogens with one attached hydrogen (secondary N) is 1. The molecule has 2 heterocycles. The topological polar surface area (TPSA) is 81.7 Å². The number of nitrogens with zero attached hydrogens (tertiary/aromatic N) is 5. The molecule has 8 heteroatoms. The quantitative estimate of drug-likeness (QED) is 0.576. The van der Waals surface area contributed by atoms with Crippen molar-refractivity contribution in [2.45, 2.75) is 37.7 Å². The molecule has 7 nitrogen and oxygen atoms in total. The van der Waals surface area contributed by atoms with E-state index in [1.165, 1.54) is 0 Å². The average Bonchev–Trinajstić information content (AvgIpc) is 3.01. The van der Waals surface area contributed by atoms with Crippen LogP contribution in [0, 0.1) is 6.92 Å². The maximum atomic E-state index is 5.15. The molecule has 0 saturated carbocycles. The van der Waals surface area contributed by atoms with E-state index in [-0.39, 0.29) is 0 Å². The lowest BCUT2D eigenvalue weighted by Gasteiger charge is -2.04. The van der Waals surface area contributed by atoms with Crippen LogP contribution in [0.4, 0.5) is 0 Å². The maximum Gasteiger partial charge on any atom is 0.209 e. The standard InChI is InChI=1S/C11H18N6OS/c1-3-4-12-5-6-17-11(13-15-16-17)19-8-10-7-9(2)14-18-10/h7,12H,3-6,8H2,1-2H3. The Morgan fingerprint density at radius 1 is 1.42 bits per heavy atom. The van der Waals surface area contributed by atoms with Crippen LogP contribution < -0.4 is 5.32 Å². The number of hydrogen-bond acceptors (Lipinski definition) is 7. The number of aryl methyl sites for hydroxylation is 1. The SMILES string of the molecule is CCCNCCn1nnnc1SCc1cc(C)no1. The van der Waals surface area contributed by atoms with Crippen LogP contribution in [0.2, 0.25) is 0 Å². The first-order valence-electron chi connectivity index (χ1n) is 6.31. The smallest absolute Gasteiger partial charge is 0.209 e. The van der Waals surface area contributed by atoms with Crippen molar-refractivity contribution >= 4 is 11.8 Å². The van der Waals surface area contributed by atoms with Gasteiger partial charge >= 0.3 is 0 Å². The fraction of sp³-hybridized carbons (Fsp3) is 0.636. The average molecular weight is 282 g/mol. The predicted molar refractivity (Wildman–Crippen MR) is 71.8 cm³/mol. The highest BCUT2D eigenvalue weighted by Gasteiger charge is 2.08. The van der Waals surface area contributed by atoms with Crippen LogP contribution in [0.25, 0.3) is 0 Å². The van der Waals surface area contributed by atoms with Crippen LogP contribution in [0.5, 0.6) is 0 Å². The summed E-state index contributed by atoms with van der Waals surface area (Å²) in [6.07, 6.45) is 1.13. The van der Waals surface area contributed by atoms with Crippen LogP contribution >= 0.6 is 11.8 Å². The molecule has 0 bridgehead atoms. The van der Waals surface area contributed by atoms with E-state index in [1.54, 1.807) is 16.4 Å². The number of aromatic nitrogens is 5. The monoisotopic (exact) mass is 282 g/mol. The van der Waals surface area contributed by atoms with Crippen molar-refractivity contribution in [2.75, 3.05) is 13.1 Å². The molecule has 2 aromatic rings. The molecule has 1 N–H and O–H groups in total. The van der Waals surface area contributed by atoms with Gasteiger partial charge in [0.25, 0.3) is 0 Å². The predicted octanol–water partition coefficient (Wildman–Crippen LogP) is 1.26. The molecular weight excluding hydrogens is 264 g/mol. The Balaban J connectivity index is 1.81. The summed E-state index contributed by atoms with van der Waals surface area (Å²) in [6.45, 7) is 6.70. The van der Waals surface area contributed by atoms with Gasteiger partial charge in [-0.15, -0.1) is 5.10 Å². The summed E-state index contributed by atoms with van der Waals surface area (Å²) in [5.74, 6) is 1.52. The van der Waals surface area contributed by atoms with E-state index < -0.39 is 0 Å². The molecule has 0 aliphatic heterocycles. The highest BCUT2D eigenvalue weighted by molar-refractivity contribution is 7.98. The lowest BCUT2D eigenvalue weighted by Crippen LogP contribution is -2.21. The minimum absolute atomic E-state index is 0.684. The van der Waals surface area contributed by atoms with Gasteiger partial charge in [-0.25, -0.2) is 4.68 Å². The van der Waals surface area contributed by atoms with Gasteiger partial charge in [-0.05, 0) is 30.3 Å². The molecule has 0 amide bonds. The van der Waals surface area contributed by atoms with Gasteiger partial charge in [-0.3, -0.25) is 0 Å². The van der Waals surface area contributed by atoms with Gasteiger partial charge < -0.3 is 9.84 Å². The maximum absolute atomic E-state index is 5.15. The summed E-state index contributed by atoms with van der Waals surface area (Å²) in [6, 6.07) is 1.92. The van der Waals surface area contributed by atoms with Crippen LogP contribution in [0.1, 0.15) is 24.8 Å². The van der Waals surface area contributed by atoms with E-state index in [2.05, 4.69) is 32.9 Å². The van der Waals surface area contributed by atoms with E-state index in [4.69, 9.17) is 4.52 Å². The Labute approximate surface area is 116 Å². The summed E-state index contributed by atoms with van der Waals surface area (Å²) in [5, 5.41) is 19.7. The molecular formula is C11H18N6OS. The van der Waals surface area contributed by atoms with Gasteiger partial charge in [0, 0.05) is 12.6 Å². The van der Waals surface area contributed by atoms with E-state index >= 15 is 0 Å². The second kappa shape index (κ2) is 7.25. The first-order chi connectivity index (χ1) is 9.29. The molecule has 0 aliphatic carbocycles.